The summed E-state index contributed by atoms with van der Waals surface area (Å²) < 4.78 is 85.0. The molecule has 1 aliphatic rings. The number of alkyl halides is 3. The fourth-order valence-electron chi connectivity index (χ4n) is 5.18. The normalized spacial score (nSPS) is 15.9. The van der Waals surface area contributed by atoms with Crippen LogP contribution < -0.4 is 21.7 Å². The molecule has 0 bridgehead atoms. The predicted octanol–water partition coefficient (Wildman–Crippen LogP) is 5.20. The SMILES string of the molecule is Cc1c(-c2cccc(O[C@@H]3CCOC3)c2F)c(=O)n(C[C@H](N)c2ccccc2)c(=O)n1Cc1c(F)cccc1C(F)(F)F. The van der Waals surface area contributed by atoms with Crippen molar-refractivity contribution in [3.05, 3.63) is 122 Å². The van der Waals surface area contributed by atoms with E-state index in [-0.39, 0.29) is 35.7 Å². The first-order valence-electron chi connectivity index (χ1n) is 13.5. The number of aromatic nitrogens is 2. The molecule has 5 rings (SSSR count). The molecule has 0 unspecified atom stereocenters. The molecular weight excluding hydrogens is 573 g/mol. The summed E-state index contributed by atoms with van der Waals surface area (Å²) in [7, 11) is 0. The molecule has 0 spiro atoms. The van der Waals surface area contributed by atoms with Gasteiger partial charge in [0.1, 0.15) is 11.9 Å². The van der Waals surface area contributed by atoms with Gasteiger partial charge in [0.25, 0.3) is 5.56 Å². The van der Waals surface area contributed by atoms with Crippen LogP contribution in [0.2, 0.25) is 0 Å². The van der Waals surface area contributed by atoms with Crippen LogP contribution in [0.5, 0.6) is 5.75 Å². The Bertz CT molecular complexity index is 1750. The quantitative estimate of drug-likeness (QED) is 0.281. The monoisotopic (exact) mass is 601 g/mol. The Kier molecular flexibility index (Phi) is 8.52. The third-order valence-electron chi connectivity index (χ3n) is 7.45. The molecular formula is C31H28F5N3O4. The van der Waals surface area contributed by atoms with E-state index in [0.717, 1.165) is 21.3 Å². The number of benzene rings is 3. The molecule has 12 heteroatoms. The smallest absolute Gasteiger partial charge is 0.416 e. The molecule has 2 atom stereocenters. The summed E-state index contributed by atoms with van der Waals surface area (Å²) in [5.41, 5.74) is 2.20. The van der Waals surface area contributed by atoms with E-state index in [1.165, 1.54) is 25.1 Å². The minimum absolute atomic E-state index is 0.156. The van der Waals surface area contributed by atoms with Crippen molar-refractivity contribution < 1.29 is 31.4 Å². The molecule has 0 radical (unpaired) electrons. The van der Waals surface area contributed by atoms with Gasteiger partial charge in [0.2, 0.25) is 0 Å². The number of nitrogens with two attached hydrogens (primary N) is 1. The van der Waals surface area contributed by atoms with E-state index >= 15 is 4.39 Å². The van der Waals surface area contributed by atoms with Crippen LogP contribution in [-0.4, -0.2) is 28.5 Å². The van der Waals surface area contributed by atoms with Crippen LogP contribution >= 0.6 is 0 Å². The molecule has 1 saturated heterocycles. The molecule has 1 aromatic heterocycles. The van der Waals surface area contributed by atoms with E-state index in [1.807, 2.05) is 0 Å². The van der Waals surface area contributed by atoms with Gasteiger partial charge >= 0.3 is 11.9 Å². The van der Waals surface area contributed by atoms with Crippen LogP contribution in [0.3, 0.4) is 0 Å². The zero-order valence-corrected chi connectivity index (χ0v) is 23.0. The molecule has 0 aliphatic carbocycles. The topological polar surface area (TPSA) is 88.5 Å². The van der Waals surface area contributed by atoms with Gasteiger partial charge in [-0.15, -0.1) is 0 Å². The van der Waals surface area contributed by atoms with Gasteiger partial charge in [-0.05, 0) is 30.7 Å². The van der Waals surface area contributed by atoms with Crippen molar-refractivity contribution in [3.63, 3.8) is 0 Å². The highest BCUT2D eigenvalue weighted by Crippen LogP contribution is 2.34. The van der Waals surface area contributed by atoms with Gasteiger partial charge in [-0.2, -0.15) is 13.2 Å². The van der Waals surface area contributed by atoms with Gasteiger partial charge in [-0.3, -0.25) is 13.9 Å². The molecule has 226 valence electrons. The summed E-state index contributed by atoms with van der Waals surface area (Å²) in [6.07, 6.45) is -4.81. The summed E-state index contributed by atoms with van der Waals surface area (Å²) in [5, 5.41) is 0. The number of ether oxygens (including phenoxy) is 2. The highest BCUT2D eigenvalue weighted by molar-refractivity contribution is 5.67. The molecule has 43 heavy (non-hydrogen) atoms. The standard InChI is InChI=1S/C31H28F5N3O4/c1-18-27(21-9-5-12-26(28(21)33)43-20-13-14-42-17-20)29(40)39(16-25(37)19-7-3-2-4-8-19)30(41)38(18)15-22-23(31(34,35)36)10-6-11-24(22)32/h2-12,20,25H,13-17,37H2,1H3/t20-,25+/m1/s1. The van der Waals surface area contributed by atoms with E-state index in [2.05, 4.69) is 0 Å². The Balaban J connectivity index is 1.71. The van der Waals surface area contributed by atoms with Crippen molar-refractivity contribution in [3.8, 4) is 16.9 Å². The van der Waals surface area contributed by atoms with Crippen LogP contribution in [0.4, 0.5) is 22.0 Å². The molecule has 0 amide bonds. The van der Waals surface area contributed by atoms with E-state index in [0.29, 0.717) is 24.7 Å². The van der Waals surface area contributed by atoms with Crippen LogP contribution in [0.25, 0.3) is 11.1 Å². The second-order valence-corrected chi connectivity index (χ2v) is 10.2. The third-order valence-corrected chi connectivity index (χ3v) is 7.45. The van der Waals surface area contributed by atoms with Gasteiger partial charge in [-0.1, -0.05) is 48.5 Å². The van der Waals surface area contributed by atoms with Gasteiger partial charge in [0.15, 0.2) is 11.6 Å². The largest absolute Gasteiger partial charge is 0.485 e. The summed E-state index contributed by atoms with van der Waals surface area (Å²) >= 11 is 0. The molecule has 0 saturated carbocycles. The fourth-order valence-corrected chi connectivity index (χ4v) is 5.18. The maximum Gasteiger partial charge on any atom is 0.416 e. The molecule has 2 N–H and O–H groups in total. The van der Waals surface area contributed by atoms with Crippen molar-refractivity contribution in [2.24, 2.45) is 5.73 Å². The summed E-state index contributed by atoms with van der Waals surface area (Å²) in [4.78, 5) is 27.7. The lowest BCUT2D eigenvalue weighted by Gasteiger charge is -2.22. The zero-order chi connectivity index (χ0) is 30.9. The molecule has 3 aromatic carbocycles. The van der Waals surface area contributed by atoms with Crippen molar-refractivity contribution in [1.29, 1.82) is 0 Å². The van der Waals surface area contributed by atoms with Gasteiger partial charge in [0, 0.05) is 29.3 Å². The summed E-state index contributed by atoms with van der Waals surface area (Å²) in [6, 6.07) is 14.3. The van der Waals surface area contributed by atoms with E-state index in [1.54, 1.807) is 30.3 Å². The first kappa shape index (κ1) is 30.2. The van der Waals surface area contributed by atoms with Crippen molar-refractivity contribution in [2.75, 3.05) is 13.2 Å². The zero-order valence-electron chi connectivity index (χ0n) is 23.0. The number of halogens is 5. The first-order valence-corrected chi connectivity index (χ1v) is 13.5. The van der Waals surface area contributed by atoms with Crippen molar-refractivity contribution >= 4 is 0 Å². The molecule has 1 aliphatic heterocycles. The fraction of sp³-hybridized carbons (Fsp3) is 0.290. The van der Waals surface area contributed by atoms with E-state index < -0.39 is 58.9 Å². The minimum Gasteiger partial charge on any atom is -0.485 e. The van der Waals surface area contributed by atoms with Crippen molar-refractivity contribution in [1.82, 2.24) is 9.13 Å². The average molecular weight is 602 g/mol. The van der Waals surface area contributed by atoms with E-state index in [4.69, 9.17) is 15.2 Å². The second-order valence-electron chi connectivity index (χ2n) is 10.2. The minimum atomic E-state index is -4.93. The van der Waals surface area contributed by atoms with Gasteiger partial charge in [0.05, 0.1) is 37.4 Å². The number of rotatable bonds is 8. The molecule has 7 nitrogen and oxygen atoms in total. The lowest BCUT2D eigenvalue weighted by Crippen LogP contribution is -2.44. The highest BCUT2D eigenvalue weighted by atomic mass is 19.4. The Labute approximate surface area is 242 Å². The summed E-state index contributed by atoms with van der Waals surface area (Å²) in [5.74, 6) is -2.26. The van der Waals surface area contributed by atoms with Crippen LogP contribution in [0, 0.1) is 18.6 Å². The summed E-state index contributed by atoms with van der Waals surface area (Å²) in [6.45, 7) is 0.735. The van der Waals surface area contributed by atoms with Gasteiger partial charge < -0.3 is 15.2 Å². The number of nitrogens with zero attached hydrogens (tertiary/aromatic N) is 2. The van der Waals surface area contributed by atoms with Crippen LogP contribution in [0.15, 0.2) is 76.3 Å². The van der Waals surface area contributed by atoms with Crippen LogP contribution in [-0.2, 0) is 24.0 Å². The Morgan fingerprint density at radius 2 is 1.72 bits per heavy atom. The van der Waals surface area contributed by atoms with E-state index in [9.17, 15) is 27.2 Å². The predicted molar refractivity (Wildman–Crippen MR) is 149 cm³/mol. The Morgan fingerprint density at radius 3 is 2.40 bits per heavy atom. The number of hydrogen-bond acceptors (Lipinski definition) is 5. The maximum absolute atomic E-state index is 15.9. The first-order chi connectivity index (χ1) is 20.5. The van der Waals surface area contributed by atoms with Crippen LogP contribution in [0.1, 0.15) is 34.8 Å². The molecule has 4 aromatic rings. The Morgan fingerprint density at radius 1 is 1.00 bits per heavy atom. The number of hydrogen-bond donors (Lipinski definition) is 1. The molecule has 2 heterocycles. The molecule has 1 fully saturated rings. The third kappa shape index (κ3) is 6.11. The van der Waals surface area contributed by atoms with Gasteiger partial charge in [-0.25, -0.2) is 13.6 Å². The average Bonchev–Trinajstić information content (AvgIpc) is 3.49. The Hall–Kier alpha value is -4.29. The highest BCUT2D eigenvalue weighted by Gasteiger charge is 2.35. The lowest BCUT2D eigenvalue weighted by molar-refractivity contribution is -0.138. The lowest BCUT2D eigenvalue weighted by atomic mass is 10.0. The maximum atomic E-state index is 15.9. The second kappa shape index (κ2) is 12.1. The van der Waals surface area contributed by atoms with Crippen molar-refractivity contribution in [2.45, 2.75) is 44.8 Å².